The second-order valence-corrected chi connectivity index (χ2v) is 4.79. The Morgan fingerprint density at radius 1 is 1.33 bits per heavy atom. The first-order valence-electron chi connectivity index (χ1n) is 5.72. The molecule has 78 valence electrons. The lowest BCUT2D eigenvalue weighted by molar-refractivity contribution is 0.764. The summed E-state index contributed by atoms with van der Waals surface area (Å²) in [5.74, 6) is 0.594. The average molecular weight is 200 g/mol. The number of imidazole rings is 1. The molecule has 0 saturated heterocycles. The molecule has 2 nitrogen and oxygen atoms in total. The Kier molecular flexibility index (Phi) is 1.84. The summed E-state index contributed by atoms with van der Waals surface area (Å²) >= 11 is 0. The van der Waals surface area contributed by atoms with E-state index in [2.05, 4.69) is 41.6 Å². The molecule has 0 N–H and O–H groups in total. The molecule has 3 rings (SSSR count). The Bertz CT molecular complexity index is 492. The summed E-state index contributed by atoms with van der Waals surface area (Å²) in [4.78, 5) is 4.44. The van der Waals surface area contributed by atoms with Crippen LogP contribution < -0.4 is 0 Å². The van der Waals surface area contributed by atoms with E-state index in [0.717, 1.165) is 11.6 Å². The van der Waals surface area contributed by atoms with Crippen LogP contribution in [0.2, 0.25) is 0 Å². The van der Waals surface area contributed by atoms with Crippen LogP contribution in [0, 0.1) is 0 Å². The molecule has 0 unspecified atom stereocenters. The van der Waals surface area contributed by atoms with Gasteiger partial charge in [0.05, 0.1) is 17.4 Å². The zero-order chi connectivity index (χ0) is 10.4. The molecular weight excluding hydrogens is 184 g/mol. The topological polar surface area (TPSA) is 17.8 Å². The Morgan fingerprint density at radius 3 is 2.80 bits per heavy atom. The van der Waals surface area contributed by atoms with Crippen molar-refractivity contribution in [1.29, 1.82) is 0 Å². The molecule has 1 aromatic heterocycles. The molecular formula is C13H16N2. The van der Waals surface area contributed by atoms with Crippen molar-refractivity contribution in [2.75, 3.05) is 0 Å². The van der Waals surface area contributed by atoms with Crippen LogP contribution in [0.4, 0.5) is 0 Å². The fourth-order valence-corrected chi connectivity index (χ4v) is 2.05. The first-order valence-corrected chi connectivity index (χ1v) is 5.72. The van der Waals surface area contributed by atoms with E-state index in [0.29, 0.717) is 5.92 Å². The first-order chi connectivity index (χ1) is 7.25. The van der Waals surface area contributed by atoms with Gasteiger partial charge in [0.25, 0.3) is 0 Å². The van der Waals surface area contributed by atoms with Crippen LogP contribution in [-0.2, 0) is 0 Å². The zero-order valence-electron chi connectivity index (χ0n) is 9.27. The quantitative estimate of drug-likeness (QED) is 0.725. The highest BCUT2D eigenvalue weighted by molar-refractivity contribution is 5.76. The van der Waals surface area contributed by atoms with E-state index in [1.807, 2.05) is 6.33 Å². The van der Waals surface area contributed by atoms with Crippen molar-refractivity contribution in [3.8, 4) is 0 Å². The number of hydrogen-bond acceptors (Lipinski definition) is 1. The van der Waals surface area contributed by atoms with Gasteiger partial charge < -0.3 is 4.57 Å². The average Bonchev–Trinajstić information content (AvgIpc) is 2.98. The van der Waals surface area contributed by atoms with Crippen LogP contribution in [-0.4, -0.2) is 9.55 Å². The molecule has 1 saturated carbocycles. The highest BCUT2D eigenvalue weighted by Crippen LogP contribution is 2.37. The van der Waals surface area contributed by atoms with E-state index >= 15 is 0 Å². The molecule has 2 heteroatoms. The molecule has 1 fully saturated rings. The van der Waals surface area contributed by atoms with E-state index in [1.165, 1.54) is 23.9 Å². The molecule has 0 aliphatic heterocycles. The van der Waals surface area contributed by atoms with Crippen LogP contribution in [0.15, 0.2) is 24.5 Å². The van der Waals surface area contributed by atoms with E-state index in [1.54, 1.807) is 0 Å². The van der Waals surface area contributed by atoms with Crippen LogP contribution >= 0.6 is 0 Å². The molecule has 15 heavy (non-hydrogen) atoms. The highest BCUT2D eigenvalue weighted by Gasteiger charge is 2.24. The van der Waals surface area contributed by atoms with Crippen molar-refractivity contribution >= 4 is 11.0 Å². The smallest absolute Gasteiger partial charge is 0.0960 e. The van der Waals surface area contributed by atoms with Gasteiger partial charge in [-0.2, -0.15) is 0 Å². The molecule has 1 heterocycles. The third-order valence-corrected chi connectivity index (χ3v) is 3.21. The standard InChI is InChI=1S/C13H16N2/c1-9(2)10-3-6-12-13(7-10)15(8-14-12)11-4-5-11/h3,6-9,11H,4-5H2,1-2H3. The van der Waals surface area contributed by atoms with Gasteiger partial charge in [-0.3, -0.25) is 0 Å². The second-order valence-electron chi connectivity index (χ2n) is 4.79. The van der Waals surface area contributed by atoms with Crippen molar-refractivity contribution in [2.24, 2.45) is 0 Å². The third-order valence-electron chi connectivity index (χ3n) is 3.21. The zero-order valence-corrected chi connectivity index (χ0v) is 9.27. The predicted octanol–water partition coefficient (Wildman–Crippen LogP) is 3.49. The fourth-order valence-electron chi connectivity index (χ4n) is 2.05. The number of nitrogens with zero attached hydrogens (tertiary/aromatic N) is 2. The number of benzene rings is 1. The van der Waals surface area contributed by atoms with Gasteiger partial charge >= 0.3 is 0 Å². The van der Waals surface area contributed by atoms with Gasteiger partial charge in [0.2, 0.25) is 0 Å². The van der Waals surface area contributed by atoms with Crippen molar-refractivity contribution in [2.45, 2.75) is 38.6 Å². The molecule has 0 radical (unpaired) electrons. The highest BCUT2D eigenvalue weighted by atomic mass is 15.1. The van der Waals surface area contributed by atoms with Gasteiger partial charge in [0.15, 0.2) is 0 Å². The Morgan fingerprint density at radius 2 is 2.13 bits per heavy atom. The number of fused-ring (bicyclic) bond motifs is 1. The Balaban J connectivity index is 2.17. The predicted molar refractivity (Wildman–Crippen MR) is 62.1 cm³/mol. The van der Waals surface area contributed by atoms with Gasteiger partial charge in [0.1, 0.15) is 0 Å². The summed E-state index contributed by atoms with van der Waals surface area (Å²) < 4.78 is 2.33. The Labute approximate surface area is 89.9 Å². The van der Waals surface area contributed by atoms with Gasteiger partial charge in [0, 0.05) is 6.04 Å². The number of hydrogen-bond donors (Lipinski definition) is 0. The number of aromatic nitrogens is 2. The normalized spacial score (nSPS) is 16.5. The maximum atomic E-state index is 4.44. The van der Waals surface area contributed by atoms with Gasteiger partial charge in [-0.25, -0.2) is 4.98 Å². The van der Waals surface area contributed by atoms with Gasteiger partial charge in [-0.1, -0.05) is 19.9 Å². The maximum Gasteiger partial charge on any atom is 0.0960 e. The third kappa shape index (κ3) is 1.44. The minimum Gasteiger partial charge on any atom is -0.327 e. The molecule has 1 aliphatic rings. The minimum absolute atomic E-state index is 0.594. The lowest BCUT2D eigenvalue weighted by Gasteiger charge is -2.06. The monoisotopic (exact) mass is 200 g/mol. The van der Waals surface area contributed by atoms with Crippen molar-refractivity contribution < 1.29 is 0 Å². The van der Waals surface area contributed by atoms with E-state index in [-0.39, 0.29) is 0 Å². The van der Waals surface area contributed by atoms with Crippen LogP contribution in [0.25, 0.3) is 11.0 Å². The summed E-state index contributed by atoms with van der Waals surface area (Å²) in [6, 6.07) is 7.35. The largest absolute Gasteiger partial charge is 0.327 e. The molecule has 0 bridgehead atoms. The summed E-state index contributed by atoms with van der Waals surface area (Å²) in [6.07, 6.45) is 4.63. The molecule has 2 aromatic rings. The molecule has 0 atom stereocenters. The summed E-state index contributed by atoms with van der Waals surface area (Å²) in [6.45, 7) is 4.47. The van der Waals surface area contributed by atoms with E-state index in [9.17, 15) is 0 Å². The van der Waals surface area contributed by atoms with Crippen molar-refractivity contribution in [3.05, 3.63) is 30.1 Å². The summed E-state index contributed by atoms with van der Waals surface area (Å²) in [7, 11) is 0. The molecule has 0 spiro atoms. The lowest BCUT2D eigenvalue weighted by Crippen LogP contribution is -1.92. The molecule has 1 aliphatic carbocycles. The van der Waals surface area contributed by atoms with E-state index in [4.69, 9.17) is 0 Å². The second kappa shape index (κ2) is 3.09. The minimum atomic E-state index is 0.594. The first kappa shape index (κ1) is 8.96. The fraction of sp³-hybridized carbons (Fsp3) is 0.462. The lowest BCUT2D eigenvalue weighted by atomic mass is 10.0. The number of rotatable bonds is 2. The van der Waals surface area contributed by atoms with Crippen LogP contribution in [0.3, 0.4) is 0 Å². The molecule has 1 aromatic carbocycles. The SMILES string of the molecule is CC(C)c1ccc2ncn(C3CC3)c2c1. The van der Waals surface area contributed by atoms with Crippen molar-refractivity contribution in [3.63, 3.8) is 0 Å². The van der Waals surface area contributed by atoms with E-state index < -0.39 is 0 Å². The van der Waals surface area contributed by atoms with Gasteiger partial charge in [-0.05, 0) is 36.5 Å². The Hall–Kier alpha value is -1.31. The maximum absolute atomic E-state index is 4.44. The summed E-state index contributed by atoms with van der Waals surface area (Å²) in [5.41, 5.74) is 3.85. The van der Waals surface area contributed by atoms with Crippen LogP contribution in [0.5, 0.6) is 0 Å². The van der Waals surface area contributed by atoms with Gasteiger partial charge in [-0.15, -0.1) is 0 Å². The van der Waals surface area contributed by atoms with Crippen molar-refractivity contribution in [1.82, 2.24) is 9.55 Å². The molecule has 0 amide bonds. The van der Waals surface area contributed by atoms with Crippen LogP contribution in [0.1, 0.15) is 44.2 Å². The summed E-state index contributed by atoms with van der Waals surface area (Å²) in [5, 5.41) is 0.